The molecule has 0 unspecified atom stereocenters. The first-order chi connectivity index (χ1) is 34.0. The van der Waals surface area contributed by atoms with E-state index in [2.05, 4.69) is 0 Å². The summed E-state index contributed by atoms with van der Waals surface area (Å²) in [6.07, 6.45) is 0. The highest BCUT2D eigenvalue weighted by molar-refractivity contribution is 6.22. The first kappa shape index (κ1) is 10.1. The molecule has 9 rings (SSSR count). The Kier molecular flexibility index (Phi) is 2.32. The lowest BCUT2D eigenvalue weighted by Crippen LogP contribution is -1.90. The van der Waals surface area contributed by atoms with Crippen LogP contribution in [0.3, 0.4) is 0 Å². The first-order valence-corrected chi connectivity index (χ1v) is 13.2. The minimum Gasteiger partial charge on any atom is -0.455 e. The zero-order valence-corrected chi connectivity index (χ0v) is 22.4. The first-order valence-electron chi connectivity index (χ1n) is 27.2. The molecule has 45 heavy (non-hydrogen) atoms. The summed E-state index contributed by atoms with van der Waals surface area (Å²) in [6.45, 7) is 0. The molecule has 8 aromatic carbocycles. The Morgan fingerprint density at radius 3 is 1.38 bits per heavy atom. The summed E-state index contributed by atoms with van der Waals surface area (Å²) in [4.78, 5) is 0. The molecule has 0 spiro atoms. The lowest BCUT2D eigenvalue weighted by atomic mass is 9.85. The lowest BCUT2D eigenvalue weighted by Gasteiger charge is -2.17. The topological polar surface area (TPSA) is 13.1 Å². The van der Waals surface area contributed by atoms with Crippen molar-refractivity contribution in [2.24, 2.45) is 0 Å². The molecule has 1 nitrogen and oxygen atoms in total. The van der Waals surface area contributed by atoms with Crippen LogP contribution >= 0.6 is 0 Å². The quantitative estimate of drug-likeness (QED) is 0.183. The third kappa shape index (κ3) is 4.17. The molecule has 0 aliphatic carbocycles. The molecule has 0 radical (unpaired) electrons. The van der Waals surface area contributed by atoms with Crippen molar-refractivity contribution in [1.29, 1.82) is 0 Å². The zero-order valence-electron chi connectivity index (χ0n) is 50.4. The van der Waals surface area contributed by atoms with Gasteiger partial charge in [0, 0.05) is 16.3 Å². The largest absolute Gasteiger partial charge is 0.455 e. The Bertz CT molecular complexity index is 3950. The molecule has 0 fully saturated rings. The monoisotopic (exact) mass is 600 g/mol. The minimum absolute atomic E-state index is 0.678. The number of rotatable bonds is 4. The van der Waals surface area contributed by atoms with Crippen LogP contribution in [-0.2, 0) is 0 Å². The Balaban J connectivity index is 1.63. The van der Waals surface area contributed by atoms with Gasteiger partial charge in [0.2, 0.25) is 0 Å². The van der Waals surface area contributed by atoms with Crippen LogP contribution in [0.4, 0.5) is 0 Å². The smallest absolute Gasteiger partial charge is 0.143 e. The molecule has 0 atom stereocenters. The molecule has 0 aliphatic heterocycles. The molecule has 1 heteroatoms. The maximum Gasteiger partial charge on any atom is 0.143 e. The third-order valence-electron chi connectivity index (χ3n) is 7.06. The number of furan rings is 1. The number of benzene rings is 8. The summed E-state index contributed by atoms with van der Waals surface area (Å²) in [7, 11) is 0. The van der Waals surface area contributed by atoms with Crippen LogP contribution in [0.15, 0.2) is 174 Å². The molecule has 9 aromatic rings. The van der Waals surface area contributed by atoms with E-state index in [-0.39, 0.29) is 0 Å². The fourth-order valence-electron chi connectivity index (χ4n) is 5.22. The van der Waals surface area contributed by atoms with E-state index in [1.165, 1.54) is 0 Å². The van der Waals surface area contributed by atoms with Crippen LogP contribution in [0.2, 0.25) is 0 Å². The summed E-state index contributed by atoms with van der Waals surface area (Å²) in [5.41, 5.74) is -7.70. The Labute approximate surface area is 301 Å². The molecule has 0 aliphatic rings. The van der Waals surface area contributed by atoms with Crippen molar-refractivity contribution in [2.75, 3.05) is 0 Å². The predicted molar refractivity (Wildman–Crippen MR) is 190 cm³/mol. The van der Waals surface area contributed by atoms with Crippen LogP contribution in [0.1, 0.15) is 38.4 Å². The minimum atomic E-state index is -1.04. The van der Waals surface area contributed by atoms with E-state index in [4.69, 9.17) is 30.5 Å². The van der Waals surface area contributed by atoms with Gasteiger partial charge in [-0.3, -0.25) is 0 Å². The highest BCUT2D eigenvalue weighted by Gasteiger charge is 2.19. The van der Waals surface area contributed by atoms with E-state index in [0.717, 1.165) is 0 Å². The van der Waals surface area contributed by atoms with Crippen molar-refractivity contribution in [3.63, 3.8) is 0 Å². The van der Waals surface area contributed by atoms with Gasteiger partial charge < -0.3 is 4.42 Å². The van der Waals surface area contributed by atoms with Gasteiger partial charge >= 0.3 is 0 Å². The zero-order chi connectivity index (χ0) is 54.1. The summed E-state index contributed by atoms with van der Waals surface area (Å²) in [5.74, 6) is 0. The Hall–Kier alpha value is -5.92. The second-order valence-electron chi connectivity index (χ2n) is 9.51. The molecule has 210 valence electrons. The van der Waals surface area contributed by atoms with Crippen molar-refractivity contribution in [3.8, 4) is 44.5 Å². The standard InChI is InChI=1S/C44H28O/c1-4-14-29(15-5-1)33-27-38(30-16-6-2-7-17-30)44-40(28-33)39-26-32(24-25-41(39)45-44)43-36-22-12-10-20-34(36)42(31-18-8-3-9-19-31)35-21-11-13-23-37(35)43/h1-28H/i1D,2D,3D,4D,5D,6D,7D,8D,9D,10D,11D,12D,13D,14D,15D,16D,17D,18D,19D,20D,21D,22D,23D,24D,25D,26D,27D,28D. The van der Waals surface area contributed by atoms with E-state index >= 15 is 0 Å². The molecular formula is C44H28O. The molecular weight excluding hydrogens is 544 g/mol. The lowest BCUT2D eigenvalue weighted by molar-refractivity contribution is 0.670. The number of hydrogen-bond donors (Lipinski definition) is 0. The second-order valence-corrected chi connectivity index (χ2v) is 9.51. The maximum absolute atomic E-state index is 10.0. The van der Waals surface area contributed by atoms with Crippen LogP contribution in [-0.4, -0.2) is 0 Å². The molecule has 0 amide bonds. The van der Waals surface area contributed by atoms with Crippen molar-refractivity contribution >= 4 is 43.5 Å². The van der Waals surface area contributed by atoms with Crippen LogP contribution in [0.5, 0.6) is 0 Å². The average Bonchev–Trinajstić information content (AvgIpc) is 3.77. The summed E-state index contributed by atoms with van der Waals surface area (Å²) in [5, 5.41) is -4.27. The SMILES string of the molecule is [2H]c1c([2H])c([2H])c(-c2c([2H])c(-c3c([2H])c([2H])c([2H])c([2H])c3[2H])c3oc4c([2H])c([2H])c(-c5c6c([2H])c([2H])c([2H])c([2H])c6c(-c6c([2H])c([2H])c([2H])c([2H])c6[2H])c6c([2H])c([2H])c([2H])c([2H])c56)c([2H])c4c3c2[2H])c([2H])c1[2H]. The second kappa shape index (κ2) is 10.4. The summed E-state index contributed by atoms with van der Waals surface area (Å²) in [6, 6.07) is -26.9. The predicted octanol–water partition coefficient (Wildman–Crippen LogP) is 12.6. The van der Waals surface area contributed by atoms with E-state index in [9.17, 15) is 12.3 Å². The molecule has 0 bridgehead atoms. The Morgan fingerprint density at radius 2 is 0.800 bits per heavy atom. The molecule has 1 heterocycles. The van der Waals surface area contributed by atoms with Gasteiger partial charge in [-0.25, -0.2) is 0 Å². The molecule has 0 saturated carbocycles. The molecule has 0 N–H and O–H groups in total. The van der Waals surface area contributed by atoms with Crippen molar-refractivity contribution < 1.29 is 42.8 Å². The Morgan fingerprint density at radius 1 is 0.333 bits per heavy atom. The maximum atomic E-state index is 10.0. The molecule has 1 aromatic heterocycles. The number of fused-ring (bicyclic) bond motifs is 5. The van der Waals surface area contributed by atoms with Crippen LogP contribution in [0, 0.1) is 0 Å². The van der Waals surface area contributed by atoms with Crippen LogP contribution in [0.25, 0.3) is 88.0 Å². The van der Waals surface area contributed by atoms with Gasteiger partial charge in [0.15, 0.2) is 0 Å². The fourth-order valence-corrected chi connectivity index (χ4v) is 5.22. The normalized spacial score (nSPS) is 20.3. The van der Waals surface area contributed by atoms with Crippen molar-refractivity contribution in [2.45, 2.75) is 0 Å². The van der Waals surface area contributed by atoms with Gasteiger partial charge in [0.1, 0.15) is 11.2 Å². The van der Waals surface area contributed by atoms with Crippen molar-refractivity contribution in [1.82, 2.24) is 0 Å². The van der Waals surface area contributed by atoms with E-state index < -0.39 is 257 Å². The van der Waals surface area contributed by atoms with Gasteiger partial charge in [-0.15, -0.1) is 0 Å². The third-order valence-corrected chi connectivity index (χ3v) is 7.06. The van der Waals surface area contributed by atoms with Gasteiger partial charge in [-0.1, -0.05) is 145 Å². The highest BCUT2D eigenvalue weighted by atomic mass is 16.3. The van der Waals surface area contributed by atoms with Gasteiger partial charge in [0.05, 0.1) is 38.4 Å². The highest BCUT2D eigenvalue weighted by Crippen LogP contribution is 2.46. The van der Waals surface area contributed by atoms with Crippen molar-refractivity contribution in [3.05, 3.63) is 169 Å². The molecule has 0 saturated heterocycles. The van der Waals surface area contributed by atoms with E-state index in [0.29, 0.717) is 0 Å². The fraction of sp³-hybridized carbons (Fsp3) is 0. The van der Waals surface area contributed by atoms with Gasteiger partial charge in [-0.05, 0) is 84.7 Å². The van der Waals surface area contributed by atoms with E-state index in [1.807, 2.05) is 0 Å². The summed E-state index contributed by atoms with van der Waals surface area (Å²) < 4.78 is 256. The average molecular weight is 601 g/mol. The van der Waals surface area contributed by atoms with Crippen LogP contribution < -0.4 is 0 Å². The number of hydrogen-bond acceptors (Lipinski definition) is 1. The summed E-state index contributed by atoms with van der Waals surface area (Å²) >= 11 is 0. The van der Waals surface area contributed by atoms with E-state index in [1.54, 1.807) is 0 Å². The van der Waals surface area contributed by atoms with Gasteiger partial charge in [0.25, 0.3) is 0 Å². The van der Waals surface area contributed by atoms with Gasteiger partial charge in [-0.2, -0.15) is 0 Å².